The summed E-state index contributed by atoms with van der Waals surface area (Å²) >= 11 is 0. The summed E-state index contributed by atoms with van der Waals surface area (Å²) in [5, 5.41) is 7.05. The van der Waals surface area contributed by atoms with E-state index in [9.17, 15) is 9.18 Å². The van der Waals surface area contributed by atoms with Gasteiger partial charge in [0.1, 0.15) is 6.33 Å². The van der Waals surface area contributed by atoms with Crippen LogP contribution < -0.4 is 10.1 Å². The lowest BCUT2D eigenvalue weighted by Crippen LogP contribution is -2.27. The fraction of sp³-hybridized carbons (Fsp3) is 0.368. The van der Waals surface area contributed by atoms with Gasteiger partial charge in [0, 0.05) is 17.8 Å². The van der Waals surface area contributed by atoms with Gasteiger partial charge in [0.25, 0.3) is 5.78 Å². The molecule has 1 atom stereocenters. The van der Waals surface area contributed by atoms with Gasteiger partial charge in [0.15, 0.2) is 11.6 Å². The van der Waals surface area contributed by atoms with Crippen molar-refractivity contribution in [1.82, 2.24) is 24.9 Å². The molecule has 1 N–H and O–H groups in total. The summed E-state index contributed by atoms with van der Waals surface area (Å²) in [5.41, 5.74) is 3.42. The van der Waals surface area contributed by atoms with E-state index in [0.29, 0.717) is 24.2 Å². The number of rotatable bonds is 6. The number of benzene rings is 1. The zero-order valence-corrected chi connectivity index (χ0v) is 15.8. The number of aromatic nitrogens is 4. The molecule has 0 aliphatic carbocycles. The highest BCUT2D eigenvalue weighted by Crippen LogP contribution is 2.22. The molecule has 0 radical (unpaired) electrons. The second kappa shape index (κ2) is 7.69. The molecule has 0 unspecified atom stereocenters. The second-order valence-corrected chi connectivity index (χ2v) is 6.42. The number of hydrogen-bond donors (Lipinski definition) is 1. The SMILES string of the molecule is COc1ccc([C@H](C)NC(=O)CCc2c(C)nc3ncnn3c2C)cc1F. The minimum atomic E-state index is -0.449. The minimum absolute atomic E-state index is 0.115. The highest BCUT2D eigenvalue weighted by molar-refractivity contribution is 5.76. The van der Waals surface area contributed by atoms with Crippen LogP contribution in [0.2, 0.25) is 0 Å². The fourth-order valence-electron chi connectivity index (χ4n) is 3.10. The molecule has 2 aromatic heterocycles. The van der Waals surface area contributed by atoms with Gasteiger partial charge in [-0.1, -0.05) is 6.07 Å². The van der Waals surface area contributed by atoms with Crippen LogP contribution in [-0.4, -0.2) is 32.6 Å². The van der Waals surface area contributed by atoms with Gasteiger partial charge < -0.3 is 10.1 Å². The smallest absolute Gasteiger partial charge is 0.252 e. The van der Waals surface area contributed by atoms with E-state index in [1.165, 1.54) is 19.5 Å². The zero-order chi connectivity index (χ0) is 19.6. The Morgan fingerprint density at radius 3 is 2.85 bits per heavy atom. The summed E-state index contributed by atoms with van der Waals surface area (Å²) in [6.07, 6.45) is 2.30. The van der Waals surface area contributed by atoms with Gasteiger partial charge in [-0.3, -0.25) is 4.79 Å². The highest BCUT2D eigenvalue weighted by atomic mass is 19.1. The molecule has 1 amide bonds. The summed E-state index contributed by atoms with van der Waals surface area (Å²) in [5.74, 6) is 0.165. The molecular formula is C19H22FN5O2. The molecule has 0 spiro atoms. The summed E-state index contributed by atoms with van der Waals surface area (Å²) < 4.78 is 20.4. The second-order valence-electron chi connectivity index (χ2n) is 6.42. The number of carbonyl (C=O) groups excluding carboxylic acids is 1. The van der Waals surface area contributed by atoms with Crippen molar-refractivity contribution in [3.05, 3.63) is 52.9 Å². The summed E-state index contributed by atoms with van der Waals surface area (Å²) in [7, 11) is 1.42. The van der Waals surface area contributed by atoms with Gasteiger partial charge >= 0.3 is 0 Å². The first-order valence-electron chi connectivity index (χ1n) is 8.69. The Kier molecular flexibility index (Phi) is 5.34. The number of nitrogens with one attached hydrogen (secondary N) is 1. The van der Waals surface area contributed by atoms with E-state index in [1.54, 1.807) is 16.6 Å². The molecule has 0 bridgehead atoms. The van der Waals surface area contributed by atoms with Crippen LogP contribution in [0.25, 0.3) is 5.78 Å². The van der Waals surface area contributed by atoms with Crippen molar-refractivity contribution >= 4 is 11.7 Å². The molecule has 0 fully saturated rings. The van der Waals surface area contributed by atoms with Crippen molar-refractivity contribution in [3.8, 4) is 5.75 Å². The Balaban J connectivity index is 1.65. The fourth-order valence-corrected chi connectivity index (χ4v) is 3.10. The van der Waals surface area contributed by atoms with Crippen LogP contribution in [0.4, 0.5) is 4.39 Å². The first-order chi connectivity index (χ1) is 12.9. The molecule has 0 aliphatic heterocycles. The lowest BCUT2D eigenvalue weighted by Gasteiger charge is -2.16. The molecule has 7 nitrogen and oxygen atoms in total. The van der Waals surface area contributed by atoms with E-state index in [0.717, 1.165) is 17.0 Å². The van der Waals surface area contributed by atoms with E-state index < -0.39 is 5.82 Å². The molecular weight excluding hydrogens is 349 g/mol. The van der Waals surface area contributed by atoms with E-state index in [4.69, 9.17) is 4.74 Å². The summed E-state index contributed by atoms with van der Waals surface area (Å²) in [6, 6.07) is 4.36. The maximum absolute atomic E-state index is 13.8. The minimum Gasteiger partial charge on any atom is -0.494 e. The highest BCUT2D eigenvalue weighted by Gasteiger charge is 2.15. The Morgan fingerprint density at radius 1 is 1.37 bits per heavy atom. The summed E-state index contributed by atoms with van der Waals surface area (Å²) in [6.45, 7) is 5.66. The number of amides is 1. The van der Waals surface area contributed by atoms with Gasteiger partial charge in [-0.05, 0) is 50.5 Å². The average Bonchev–Trinajstić information content (AvgIpc) is 3.09. The average molecular weight is 371 g/mol. The molecule has 8 heteroatoms. The molecule has 0 saturated heterocycles. The van der Waals surface area contributed by atoms with E-state index in [1.807, 2.05) is 20.8 Å². The Morgan fingerprint density at radius 2 is 2.15 bits per heavy atom. The number of aryl methyl sites for hydroxylation is 2. The number of hydrogen-bond acceptors (Lipinski definition) is 5. The van der Waals surface area contributed by atoms with Crippen LogP contribution in [0.15, 0.2) is 24.5 Å². The van der Waals surface area contributed by atoms with Crippen molar-refractivity contribution in [3.63, 3.8) is 0 Å². The maximum atomic E-state index is 13.8. The molecule has 3 rings (SSSR count). The topological polar surface area (TPSA) is 81.4 Å². The standard InChI is InChI=1S/C19H22FN5O2/c1-11(14-5-7-17(27-4)16(20)9-14)23-18(26)8-6-15-12(2)24-19-21-10-22-25(19)13(15)3/h5,7,9-11H,6,8H2,1-4H3,(H,23,26)/t11-/m0/s1. The Hall–Kier alpha value is -3.03. The van der Waals surface area contributed by atoms with E-state index >= 15 is 0 Å². The van der Waals surface area contributed by atoms with Crippen LogP contribution in [0, 0.1) is 19.7 Å². The molecule has 3 aromatic rings. The summed E-state index contributed by atoms with van der Waals surface area (Å²) in [4.78, 5) is 20.9. The number of ether oxygens (including phenoxy) is 1. The zero-order valence-electron chi connectivity index (χ0n) is 15.8. The predicted molar refractivity (Wildman–Crippen MR) is 98.1 cm³/mol. The predicted octanol–water partition coefficient (Wildman–Crippen LogP) is 2.70. The van der Waals surface area contributed by atoms with Crippen LogP contribution in [0.5, 0.6) is 5.75 Å². The van der Waals surface area contributed by atoms with Gasteiger partial charge in [0.2, 0.25) is 5.91 Å². The largest absolute Gasteiger partial charge is 0.494 e. The third-order valence-corrected chi connectivity index (χ3v) is 4.64. The van der Waals surface area contributed by atoms with Crippen LogP contribution in [0.3, 0.4) is 0 Å². The van der Waals surface area contributed by atoms with Crippen LogP contribution in [0.1, 0.15) is 41.9 Å². The van der Waals surface area contributed by atoms with E-state index in [-0.39, 0.29) is 17.7 Å². The van der Waals surface area contributed by atoms with Crippen molar-refractivity contribution in [2.24, 2.45) is 0 Å². The molecule has 2 heterocycles. The number of halogens is 1. The first-order valence-corrected chi connectivity index (χ1v) is 8.69. The molecule has 1 aromatic carbocycles. The number of nitrogens with zero attached hydrogens (tertiary/aromatic N) is 4. The number of fused-ring (bicyclic) bond motifs is 1. The lowest BCUT2D eigenvalue weighted by atomic mass is 10.0. The number of carbonyl (C=O) groups is 1. The molecule has 27 heavy (non-hydrogen) atoms. The molecule has 0 saturated carbocycles. The lowest BCUT2D eigenvalue weighted by molar-refractivity contribution is -0.121. The molecule has 142 valence electrons. The third kappa shape index (κ3) is 3.89. The van der Waals surface area contributed by atoms with Gasteiger partial charge in [-0.25, -0.2) is 13.9 Å². The van der Waals surface area contributed by atoms with Crippen LogP contribution >= 0.6 is 0 Å². The Labute approximate surface area is 156 Å². The Bertz CT molecular complexity index is 986. The monoisotopic (exact) mass is 371 g/mol. The van der Waals surface area contributed by atoms with Crippen LogP contribution in [-0.2, 0) is 11.2 Å². The maximum Gasteiger partial charge on any atom is 0.252 e. The van der Waals surface area contributed by atoms with Crippen molar-refractivity contribution in [1.29, 1.82) is 0 Å². The van der Waals surface area contributed by atoms with Gasteiger partial charge in [0.05, 0.1) is 13.2 Å². The van der Waals surface area contributed by atoms with Crippen molar-refractivity contribution in [2.75, 3.05) is 7.11 Å². The van der Waals surface area contributed by atoms with E-state index in [2.05, 4.69) is 20.4 Å². The van der Waals surface area contributed by atoms with Gasteiger partial charge in [-0.2, -0.15) is 10.1 Å². The van der Waals surface area contributed by atoms with Crippen molar-refractivity contribution in [2.45, 2.75) is 39.7 Å². The quantitative estimate of drug-likeness (QED) is 0.720. The third-order valence-electron chi connectivity index (χ3n) is 4.64. The number of methoxy groups -OCH3 is 1. The normalized spacial score (nSPS) is 12.2. The first kappa shape index (κ1) is 18.8. The van der Waals surface area contributed by atoms with Gasteiger partial charge in [-0.15, -0.1) is 0 Å². The van der Waals surface area contributed by atoms with Crippen molar-refractivity contribution < 1.29 is 13.9 Å². The molecule has 0 aliphatic rings.